The second-order valence-corrected chi connectivity index (χ2v) is 5.29. The minimum Gasteiger partial charge on any atom is -0.467 e. The van der Waals surface area contributed by atoms with Crippen LogP contribution in [0.15, 0.2) is 57.6 Å². The molecule has 0 aliphatic rings. The molecule has 0 aliphatic carbocycles. The van der Waals surface area contributed by atoms with Gasteiger partial charge >= 0.3 is 5.97 Å². The van der Waals surface area contributed by atoms with Crippen LogP contribution in [0.25, 0.3) is 17.2 Å². The van der Waals surface area contributed by atoms with Crippen molar-refractivity contribution in [2.75, 3.05) is 13.7 Å². The highest BCUT2D eigenvalue weighted by molar-refractivity contribution is 5.89. The summed E-state index contributed by atoms with van der Waals surface area (Å²) in [5.74, 6) is -0.0422. The Bertz CT molecular complexity index is 862. The summed E-state index contributed by atoms with van der Waals surface area (Å²) in [4.78, 5) is 29.2. The van der Waals surface area contributed by atoms with E-state index >= 15 is 0 Å². The molecule has 0 radical (unpaired) electrons. The van der Waals surface area contributed by atoms with E-state index in [0.717, 1.165) is 0 Å². The quantitative estimate of drug-likeness (QED) is 0.506. The topological polar surface area (TPSA) is 85.8 Å². The van der Waals surface area contributed by atoms with Crippen molar-refractivity contribution in [1.82, 2.24) is 9.88 Å². The summed E-state index contributed by atoms with van der Waals surface area (Å²) >= 11 is 0. The first-order chi connectivity index (χ1) is 12.1. The van der Waals surface area contributed by atoms with Gasteiger partial charge in [0.05, 0.1) is 12.8 Å². The van der Waals surface area contributed by atoms with E-state index in [4.69, 9.17) is 13.6 Å². The summed E-state index contributed by atoms with van der Waals surface area (Å²) in [6.45, 7) is -0.0456. The number of hydrogen-bond acceptors (Lipinski definition) is 6. The number of rotatable bonds is 6. The standard InChI is InChI=1S/C18H16N2O5/c1-20(11-13-5-4-10-23-13)17(21)12-24-18(22)9-8-16-19-14-6-2-3-7-15(14)25-16/h2-10H,11-12H2,1H3/b9-8+. The number of fused-ring (bicyclic) bond motifs is 1. The number of carbonyl (C=O) groups excluding carboxylic acids is 2. The average Bonchev–Trinajstić information content (AvgIpc) is 3.26. The lowest BCUT2D eigenvalue weighted by atomic mass is 10.3. The molecule has 0 atom stereocenters. The van der Waals surface area contributed by atoms with E-state index in [0.29, 0.717) is 29.3 Å². The summed E-state index contributed by atoms with van der Waals surface area (Å²) in [6.07, 6.45) is 4.11. The zero-order chi connectivity index (χ0) is 17.6. The second-order valence-electron chi connectivity index (χ2n) is 5.29. The zero-order valence-corrected chi connectivity index (χ0v) is 13.5. The third kappa shape index (κ3) is 4.35. The van der Waals surface area contributed by atoms with Gasteiger partial charge in [-0.1, -0.05) is 12.1 Å². The van der Waals surface area contributed by atoms with Gasteiger partial charge in [0.15, 0.2) is 12.2 Å². The maximum atomic E-state index is 11.9. The Hall–Kier alpha value is -3.35. The Morgan fingerprint density at radius 2 is 2.08 bits per heavy atom. The molecule has 3 aromatic rings. The highest BCUT2D eigenvalue weighted by atomic mass is 16.5. The highest BCUT2D eigenvalue weighted by Gasteiger charge is 2.12. The summed E-state index contributed by atoms with van der Waals surface area (Å²) in [5.41, 5.74) is 1.33. The van der Waals surface area contributed by atoms with Gasteiger partial charge in [0.1, 0.15) is 11.3 Å². The Morgan fingerprint density at radius 1 is 1.24 bits per heavy atom. The van der Waals surface area contributed by atoms with Crippen molar-refractivity contribution in [3.05, 3.63) is 60.4 Å². The van der Waals surface area contributed by atoms with Crippen LogP contribution in [0.4, 0.5) is 0 Å². The number of carbonyl (C=O) groups is 2. The molecule has 0 unspecified atom stereocenters. The predicted octanol–water partition coefficient (Wildman–Crippen LogP) is 2.64. The summed E-state index contributed by atoms with van der Waals surface area (Å²) < 4.78 is 15.5. The van der Waals surface area contributed by atoms with E-state index in [1.165, 1.54) is 23.3 Å². The molecule has 1 aromatic carbocycles. The number of nitrogens with zero attached hydrogens (tertiary/aromatic N) is 2. The Labute approximate surface area is 143 Å². The number of hydrogen-bond donors (Lipinski definition) is 0. The molecule has 25 heavy (non-hydrogen) atoms. The first kappa shape index (κ1) is 16.5. The van der Waals surface area contributed by atoms with Gasteiger partial charge in [-0.2, -0.15) is 0 Å². The van der Waals surface area contributed by atoms with E-state index in [1.54, 1.807) is 25.2 Å². The van der Waals surface area contributed by atoms with Crippen LogP contribution in [0.1, 0.15) is 11.7 Å². The first-order valence-electron chi connectivity index (χ1n) is 7.58. The molecule has 0 spiro atoms. The second kappa shape index (κ2) is 7.48. The lowest BCUT2D eigenvalue weighted by Crippen LogP contribution is -2.30. The van der Waals surface area contributed by atoms with Crippen LogP contribution in [0.3, 0.4) is 0 Å². The van der Waals surface area contributed by atoms with Crippen LogP contribution in [0.5, 0.6) is 0 Å². The van der Waals surface area contributed by atoms with E-state index in [9.17, 15) is 9.59 Å². The van der Waals surface area contributed by atoms with Crippen molar-refractivity contribution in [2.24, 2.45) is 0 Å². The van der Waals surface area contributed by atoms with E-state index in [-0.39, 0.29) is 12.5 Å². The molecule has 0 bridgehead atoms. The fraction of sp³-hybridized carbons (Fsp3) is 0.167. The Balaban J connectivity index is 1.49. The number of furan rings is 1. The van der Waals surface area contributed by atoms with Crippen molar-refractivity contribution < 1.29 is 23.2 Å². The molecule has 1 amide bonds. The largest absolute Gasteiger partial charge is 0.467 e. The maximum Gasteiger partial charge on any atom is 0.331 e. The number of benzene rings is 1. The number of ether oxygens (including phenoxy) is 1. The molecule has 0 N–H and O–H groups in total. The molecule has 128 valence electrons. The van der Waals surface area contributed by atoms with E-state index in [1.807, 2.05) is 18.2 Å². The number of amides is 1. The highest BCUT2D eigenvalue weighted by Crippen LogP contribution is 2.15. The molecule has 7 nitrogen and oxygen atoms in total. The minimum absolute atomic E-state index is 0.291. The lowest BCUT2D eigenvalue weighted by Gasteiger charge is -2.15. The zero-order valence-electron chi connectivity index (χ0n) is 13.5. The lowest BCUT2D eigenvalue weighted by molar-refractivity contribution is -0.147. The van der Waals surface area contributed by atoms with Crippen LogP contribution >= 0.6 is 0 Å². The number of likely N-dealkylation sites (N-methyl/N-ethyl adjacent to an activating group) is 1. The first-order valence-corrected chi connectivity index (χ1v) is 7.58. The molecule has 2 aromatic heterocycles. The van der Waals surface area contributed by atoms with Gasteiger partial charge in [-0.3, -0.25) is 4.79 Å². The molecule has 0 aliphatic heterocycles. The molecular weight excluding hydrogens is 324 g/mol. The van der Waals surface area contributed by atoms with Crippen LogP contribution in [-0.4, -0.2) is 35.4 Å². The van der Waals surface area contributed by atoms with Crippen LogP contribution in [-0.2, 0) is 20.9 Å². The molecular formula is C18H16N2O5. The van der Waals surface area contributed by atoms with E-state index in [2.05, 4.69) is 4.98 Å². The average molecular weight is 340 g/mol. The fourth-order valence-corrected chi connectivity index (χ4v) is 2.12. The normalized spacial score (nSPS) is 11.1. The predicted molar refractivity (Wildman–Crippen MR) is 89.2 cm³/mol. The van der Waals surface area contributed by atoms with Crippen LogP contribution in [0, 0.1) is 0 Å². The van der Waals surface area contributed by atoms with Crippen LogP contribution in [0.2, 0.25) is 0 Å². The smallest absolute Gasteiger partial charge is 0.331 e. The van der Waals surface area contributed by atoms with Gasteiger partial charge in [-0.15, -0.1) is 0 Å². The van der Waals surface area contributed by atoms with Gasteiger partial charge in [-0.25, -0.2) is 9.78 Å². The number of oxazole rings is 1. The van der Waals surface area contributed by atoms with Crippen molar-refractivity contribution in [2.45, 2.75) is 6.54 Å². The minimum atomic E-state index is -0.651. The molecule has 0 saturated carbocycles. The summed E-state index contributed by atoms with van der Waals surface area (Å²) in [5, 5.41) is 0. The van der Waals surface area contributed by atoms with E-state index < -0.39 is 5.97 Å². The van der Waals surface area contributed by atoms with Crippen LogP contribution < -0.4 is 0 Å². The molecule has 3 rings (SSSR count). The fourth-order valence-electron chi connectivity index (χ4n) is 2.12. The molecule has 7 heteroatoms. The Kier molecular flexibility index (Phi) is 4.94. The van der Waals surface area contributed by atoms with Gasteiger partial charge in [0.2, 0.25) is 5.89 Å². The molecule has 2 heterocycles. The maximum absolute atomic E-state index is 11.9. The molecule has 0 fully saturated rings. The van der Waals surface area contributed by atoms with Gasteiger partial charge in [-0.05, 0) is 24.3 Å². The van der Waals surface area contributed by atoms with Crippen molar-refractivity contribution >= 4 is 29.1 Å². The van der Waals surface area contributed by atoms with Crippen molar-refractivity contribution in [3.8, 4) is 0 Å². The van der Waals surface area contributed by atoms with Crippen molar-refractivity contribution in [3.63, 3.8) is 0 Å². The van der Waals surface area contributed by atoms with Crippen molar-refractivity contribution in [1.29, 1.82) is 0 Å². The third-order valence-corrected chi connectivity index (χ3v) is 3.41. The van der Waals surface area contributed by atoms with Gasteiger partial charge in [0.25, 0.3) is 5.91 Å². The monoisotopic (exact) mass is 340 g/mol. The third-order valence-electron chi connectivity index (χ3n) is 3.41. The molecule has 0 saturated heterocycles. The summed E-state index contributed by atoms with van der Waals surface area (Å²) in [6, 6.07) is 10.8. The SMILES string of the molecule is CN(Cc1ccco1)C(=O)COC(=O)/C=C/c1nc2ccccc2o1. The summed E-state index contributed by atoms with van der Waals surface area (Å²) in [7, 11) is 1.60. The number of para-hydroxylation sites is 2. The Morgan fingerprint density at radius 3 is 2.84 bits per heavy atom. The van der Waals surface area contributed by atoms with Gasteiger partial charge < -0.3 is 18.5 Å². The number of esters is 1. The van der Waals surface area contributed by atoms with Gasteiger partial charge in [0, 0.05) is 19.2 Å². The number of aromatic nitrogens is 1.